The fourth-order valence-electron chi connectivity index (χ4n) is 4.05. The lowest BCUT2D eigenvalue weighted by Crippen LogP contribution is -2.48. The maximum Gasteiger partial charge on any atom is 0.229 e. The van der Waals surface area contributed by atoms with Gasteiger partial charge >= 0.3 is 0 Å². The van der Waals surface area contributed by atoms with Crippen molar-refractivity contribution in [3.05, 3.63) is 71.9 Å². The summed E-state index contributed by atoms with van der Waals surface area (Å²) >= 11 is 0. The van der Waals surface area contributed by atoms with Crippen molar-refractivity contribution in [2.24, 2.45) is 11.8 Å². The van der Waals surface area contributed by atoms with Gasteiger partial charge in [0.25, 0.3) is 0 Å². The zero-order chi connectivity index (χ0) is 20.4. The van der Waals surface area contributed by atoms with E-state index in [2.05, 4.69) is 10.6 Å². The number of allylic oxidation sites excluding steroid dienone is 2. The fraction of sp³-hybridized carbons (Fsp3) is 0.261. The number of Topliss-reactive ketones (excluding diaryl/α,β-unsaturated/α-hetero) is 1. The van der Waals surface area contributed by atoms with Crippen molar-refractivity contribution in [3.8, 4) is 5.75 Å². The van der Waals surface area contributed by atoms with E-state index in [0.29, 0.717) is 17.8 Å². The topological polar surface area (TPSA) is 84.5 Å². The molecular formula is C23H22N2O4. The Hall–Kier alpha value is -3.41. The van der Waals surface area contributed by atoms with Gasteiger partial charge in [-0.05, 0) is 29.8 Å². The van der Waals surface area contributed by atoms with Gasteiger partial charge in [-0.2, -0.15) is 0 Å². The minimum absolute atomic E-state index is 0.000381. The molecule has 148 valence electrons. The van der Waals surface area contributed by atoms with Crippen LogP contribution in [0.2, 0.25) is 0 Å². The van der Waals surface area contributed by atoms with E-state index in [-0.39, 0.29) is 29.9 Å². The number of fused-ring (bicyclic) bond motifs is 1. The van der Waals surface area contributed by atoms with Crippen molar-refractivity contribution in [1.82, 2.24) is 5.32 Å². The van der Waals surface area contributed by atoms with Crippen molar-refractivity contribution in [3.63, 3.8) is 0 Å². The van der Waals surface area contributed by atoms with Crippen LogP contribution in [-0.4, -0.2) is 24.7 Å². The third-order valence-electron chi connectivity index (χ3n) is 5.50. The second kappa shape index (κ2) is 7.91. The minimum atomic E-state index is -0.709. The van der Waals surface area contributed by atoms with Crippen LogP contribution < -0.4 is 15.4 Å². The number of hydrogen-bond donors (Lipinski definition) is 2. The number of methoxy groups -OCH3 is 1. The summed E-state index contributed by atoms with van der Waals surface area (Å²) in [6, 6.07) is 16.6. The molecule has 29 heavy (non-hydrogen) atoms. The first-order chi connectivity index (χ1) is 14.0. The van der Waals surface area contributed by atoms with Crippen molar-refractivity contribution in [2.45, 2.75) is 18.8 Å². The number of rotatable bonds is 4. The maximum absolute atomic E-state index is 13.0. The highest BCUT2D eigenvalue weighted by atomic mass is 16.5. The highest BCUT2D eigenvalue weighted by molar-refractivity contribution is 6.02. The smallest absolute Gasteiger partial charge is 0.229 e. The fourth-order valence-corrected chi connectivity index (χ4v) is 4.05. The molecule has 3 atom stereocenters. The SMILES string of the molecule is COc1ccc([C@@H]2C=C3NC(=O)C[C@@H](C(=O)Nc4ccccc4)[C@@H]3C(=O)C2)cc1. The van der Waals surface area contributed by atoms with Gasteiger partial charge in [0.05, 0.1) is 18.9 Å². The molecule has 6 heteroatoms. The number of hydrogen-bond acceptors (Lipinski definition) is 4. The standard InChI is InChI=1S/C23H22N2O4/c1-29-17-9-7-14(8-10-17)15-11-19-22(20(26)12-15)18(13-21(27)25-19)23(28)24-16-5-3-2-4-6-16/h2-11,15,18,22H,12-13H2,1H3,(H,24,28)(H,25,27)/t15-,18-,22+/m1/s1. The lowest BCUT2D eigenvalue weighted by Gasteiger charge is -2.36. The summed E-state index contributed by atoms with van der Waals surface area (Å²) in [5.41, 5.74) is 2.15. The molecule has 2 aromatic carbocycles. The van der Waals surface area contributed by atoms with E-state index in [1.807, 2.05) is 48.5 Å². The number of para-hydroxylation sites is 1. The van der Waals surface area contributed by atoms with E-state index in [9.17, 15) is 14.4 Å². The summed E-state index contributed by atoms with van der Waals surface area (Å²) in [6.07, 6.45) is 2.21. The van der Waals surface area contributed by atoms with Gasteiger partial charge in [-0.15, -0.1) is 0 Å². The normalized spacial score (nSPS) is 23.5. The van der Waals surface area contributed by atoms with Crippen LogP contribution in [0.15, 0.2) is 66.4 Å². The summed E-state index contributed by atoms with van der Waals surface area (Å²) in [5, 5.41) is 5.65. The Morgan fingerprint density at radius 1 is 1.03 bits per heavy atom. The zero-order valence-corrected chi connectivity index (χ0v) is 16.1. The summed E-state index contributed by atoms with van der Waals surface area (Å²) in [4.78, 5) is 38.1. The number of carbonyl (C=O) groups is 3. The third-order valence-corrected chi connectivity index (χ3v) is 5.50. The zero-order valence-electron chi connectivity index (χ0n) is 16.1. The number of nitrogens with one attached hydrogen (secondary N) is 2. The molecule has 0 saturated carbocycles. The van der Waals surface area contributed by atoms with Gasteiger partial charge in [0.2, 0.25) is 11.8 Å². The molecule has 1 heterocycles. The monoisotopic (exact) mass is 390 g/mol. The van der Waals surface area contributed by atoms with E-state index in [4.69, 9.17) is 4.74 Å². The molecule has 2 aromatic rings. The van der Waals surface area contributed by atoms with Gasteiger partial charge in [0, 0.05) is 30.1 Å². The maximum atomic E-state index is 13.0. The lowest BCUT2D eigenvalue weighted by molar-refractivity contribution is -0.136. The average molecular weight is 390 g/mol. The molecule has 1 fully saturated rings. The van der Waals surface area contributed by atoms with Gasteiger partial charge in [-0.1, -0.05) is 36.4 Å². The number of piperidine rings is 1. The molecule has 2 aliphatic rings. The molecule has 1 saturated heterocycles. The van der Waals surface area contributed by atoms with E-state index >= 15 is 0 Å². The lowest BCUT2D eigenvalue weighted by atomic mass is 9.72. The number of anilines is 1. The summed E-state index contributed by atoms with van der Waals surface area (Å²) in [7, 11) is 1.60. The van der Waals surface area contributed by atoms with Crippen LogP contribution in [-0.2, 0) is 14.4 Å². The first kappa shape index (κ1) is 18.9. The Labute approximate surface area is 168 Å². The molecule has 6 nitrogen and oxygen atoms in total. The second-order valence-electron chi connectivity index (χ2n) is 7.36. The summed E-state index contributed by atoms with van der Waals surface area (Å²) in [5.74, 6) is -1.31. The van der Waals surface area contributed by atoms with Gasteiger partial charge in [0.15, 0.2) is 0 Å². The van der Waals surface area contributed by atoms with E-state index in [0.717, 1.165) is 11.3 Å². The number of amides is 2. The third kappa shape index (κ3) is 3.92. The van der Waals surface area contributed by atoms with Crippen molar-refractivity contribution in [2.75, 3.05) is 12.4 Å². The molecule has 1 aliphatic heterocycles. The van der Waals surface area contributed by atoms with Gasteiger partial charge in [0.1, 0.15) is 11.5 Å². The second-order valence-corrected chi connectivity index (χ2v) is 7.36. The molecule has 0 bridgehead atoms. The van der Waals surface area contributed by atoms with Crippen LogP contribution >= 0.6 is 0 Å². The predicted molar refractivity (Wildman–Crippen MR) is 108 cm³/mol. The van der Waals surface area contributed by atoms with Crippen molar-refractivity contribution >= 4 is 23.3 Å². The molecule has 0 aromatic heterocycles. The molecule has 2 amide bonds. The number of carbonyl (C=O) groups excluding carboxylic acids is 3. The quantitative estimate of drug-likeness (QED) is 0.841. The van der Waals surface area contributed by atoms with Gasteiger partial charge < -0.3 is 15.4 Å². The van der Waals surface area contributed by atoms with Crippen molar-refractivity contribution in [1.29, 1.82) is 0 Å². The largest absolute Gasteiger partial charge is 0.497 e. The van der Waals surface area contributed by atoms with Gasteiger partial charge in [-0.3, -0.25) is 14.4 Å². The van der Waals surface area contributed by atoms with Gasteiger partial charge in [-0.25, -0.2) is 0 Å². The first-order valence-electron chi connectivity index (χ1n) is 9.59. The van der Waals surface area contributed by atoms with Crippen LogP contribution in [0.5, 0.6) is 5.75 Å². The molecule has 0 radical (unpaired) electrons. The molecule has 0 spiro atoms. The highest BCUT2D eigenvalue weighted by Gasteiger charge is 2.44. The van der Waals surface area contributed by atoms with Crippen LogP contribution in [0.25, 0.3) is 0 Å². The Balaban J connectivity index is 1.59. The molecule has 1 aliphatic carbocycles. The summed E-state index contributed by atoms with van der Waals surface area (Å²) in [6.45, 7) is 0. The number of benzene rings is 2. The number of ether oxygens (including phenoxy) is 1. The summed E-state index contributed by atoms with van der Waals surface area (Å²) < 4.78 is 5.18. The molecule has 0 unspecified atom stereocenters. The molecule has 4 rings (SSSR count). The van der Waals surface area contributed by atoms with E-state index in [1.165, 1.54) is 0 Å². The van der Waals surface area contributed by atoms with Crippen LogP contribution in [0.4, 0.5) is 5.69 Å². The Kier molecular flexibility index (Phi) is 5.16. The van der Waals surface area contributed by atoms with Crippen LogP contribution in [0, 0.1) is 11.8 Å². The molecular weight excluding hydrogens is 368 g/mol. The number of ketones is 1. The predicted octanol–water partition coefficient (Wildman–Crippen LogP) is 3.03. The first-order valence-corrected chi connectivity index (χ1v) is 9.59. The highest BCUT2D eigenvalue weighted by Crippen LogP contribution is 2.39. The van der Waals surface area contributed by atoms with E-state index in [1.54, 1.807) is 19.2 Å². The van der Waals surface area contributed by atoms with E-state index < -0.39 is 11.8 Å². The average Bonchev–Trinajstić information content (AvgIpc) is 2.73. The minimum Gasteiger partial charge on any atom is -0.497 e. The molecule has 2 N–H and O–H groups in total. The Bertz CT molecular complexity index is 966. The Morgan fingerprint density at radius 3 is 2.45 bits per heavy atom. The Morgan fingerprint density at radius 2 is 1.76 bits per heavy atom. The van der Waals surface area contributed by atoms with Crippen LogP contribution in [0.1, 0.15) is 24.3 Å². The van der Waals surface area contributed by atoms with Crippen molar-refractivity contribution < 1.29 is 19.1 Å². The van der Waals surface area contributed by atoms with Crippen LogP contribution in [0.3, 0.4) is 0 Å².